The zero-order chi connectivity index (χ0) is 16.4. The summed E-state index contributed by atoms with van der Waals surface area (Å²) in [6.07, 6.45) is 1.82. The molecule has 0 N–H and O–H groups in total. The molecule has 5 nitrogen and oxygen atoms in total. The van der Waals surface area contributed by atoms with E-state index in [0.29, 0.717) is 17.2 Å². The zero-order valence-electron chi connectivity index (χ0n) is 13.8. The number of aromatic nitrogens is 1. The highest BCUT2D eigenvalue weighted by Gasteiger charge is 2.16. The molecular weight excluding hydrogens is 282 g/mol. The smallest absolute Gasteiger partial charge is 0.253 e. The van der Waals surface area contributed by atoms with Gasteiger partial charge < -0.3 is 18.8 Å². The van der Waals surface area contributed by atoms with Gasteiger partial charge in [-0.1, -0.05) is 0 Å². The second kappa shape index (κ2) is 6.13. The number of aryl methyl sites for hydroxylation is 1. The Morgan fingerprint density at radius 1 is 0.909 bits per heavy atom. The fourth-order valence-corrected chi connectivity index (χ4v) is 2.50. The molecule has 0 saturated heterocycles. The van der Waals surface area contributed by atoms with Crippen LogP contribution >= 0.6 is 0 Å². The summed E-state index contributed by atoms with van der Waals surface area (Å²) in [7, 11) is 6.48. The third kappa shape index (κ3) is 2.54. The molecule has 0 aliphatic heterocycles. The highest BCUT2D eigenvalue weighted by atomic mass is 16.5. The summed E-state index contributed by atoms with van der Waals surface area (Å²) in [5.74, 6) is 1.72. The van der Waals surface area contributed by atoms with Crippen molar-refractivity contribution < 1.29 is 14.2 Å². The summed E-state index contributed by atoms with van der Waals surface area (Å²) in [5, 5.41) is 0. The second-order valence-corrected chi connectivity index (χ2v) is 5.12. The van der Waals surface area contributed by atoms with E-state index in [-0.39, 0.29) is 5.56 Å². The number of ether oxygens (including phenoxy) is 3. The van der Waals surface area contributed by atoms with Crippen molar-refractivity contribution in [2.75, 3.05) is 21.3 Å². The first-order chi connectivity index (χ1) is 10.4. The van der Waals surface area contributed by atoms with Crippen LogP contribution in [0.1, 0.15) is 11.1 Å². The molecule has 2 rings (SSSR count). The molecule has 1 heterocycles. The molecule has 0 bridgehead atoms. The van der Waals surface area contributed by atoms with Crippen molar-refractivity contribution >= 4 is 0 Å². The van der Waals surface area contributed by atoms with Crippen LogP contribution in [0.15, 0.2) is 23.1 Å². The van der Waals surface area contributed by atoms with Crippen LogP contribution in [0.4, 0.5) is 0 Å². The topological polar surface area (TPSA) is 49.7 Å². The molecule has 0 saturated carbocycles. The van der Waals surface area contributed by atoms with Crippen molar-refractivity contribution in [3.8, 4) is 28.4 Å². The first-order valence-corrected chi connectivity index (χ1v) is 6.91. The molecule has 1 aromatic carbocycles. The van der Waals surface area contributed by atoms with Gasteiger partial charge in [-0.2, -0.15) is 0 Å². The Labute approximate surface area is 130 Å². The highest BCUT2D eigenvalue weighted by molar-refractivity contribution is 5.73. The SMILES string of the molecule is COc1cc(-c2cn(C)c(=O)c(C)c2C)cc(OC)c1OC. The molecule has 0 aliphatic rings. The van der Waals surface area contributed by atoms with Gasteiger partial charge >= 0.3 is 0 Å². The molecule has 22 heavy (non-hydrogen) atoms. The van der Waals surface area contributed by atoms with E-state index in [1.165, 1.54) is 0 Å². The molecule has 0 amide bonds. The van der Waals surface area contributed by atoms with Crippen molar-refractivity contribution in [3.05, 3.63) is 39.8 Å². The Hall–Kier alpha value is -2.43. The number of hydrogen-bond acceptors (Lipinski definition) is 4. The molecule has 0 aliphatic carbocycles. The van der Waals surface area contributed by atoms with Gasteiger partial charge in [0.1, 0.15) is 0 Å². The van der Waals surface area contributed by atoms with Crippen LogP contribution in [0.25, 0.3) is 11.1 Å². The summed E-state index contributed by atoms with van der Waals surface area (Å²) in [5.41, 5.74) is 3.55. The molecule has 2 aromatic rings. The number of hydrogen-bond donors (Lipinski definition) is 0. The Morgan fingerprint density at radius 3 is 1.91 bits per heavy atom. The predicted octanol–water partition coefficient (Wildman–Crippen LogP) is 2.69. The summed E-state index contributed by atoms with van der Waals surface area (Å²) in [6, 6.07) is 3.77. The molecular formula is C17H21NO4. The maximum absolute atomic E-state index is 12.0. The lowest BCUT2D eigenvalue weighted by atomic mass is 9.99. The van der Waals surface area contributed by atoms with Gasteiger partial charge in [0.05, 0.1) is 21.3 Å². The molecule has 0 atom stereocenters. The summed E-state index contributed by atoms with van der Waals surface area (Å²) >= 11 is 0. The van der Waals surface area contributed by atoms with Gasteiger partial charge in [-0.05, 0) is 37.1 Å². The van der Waals surface area contributed by atoms with E-state index in [1.54, 1.807) is 32.9 Å². The van der Waals surface area contributed by atoms with Crippen molar-refractivity contribution in [2.24, 2.45) is 7.05 Å². The van der Waals surface area contributed by atoms with Crippen LogP contribution in [0.3, 0.4) is 0 Å². The zero-order valence-corrected chi connectivity index (χ0v) is 13.8. The minimum Gasteiger partial charge on any atom is -0.493 e. The van der Waals surface area contributed by atoms with E-state index in [0.717, 1.165) is 22.3 Å². The first kappa shape index (κ1) is 15.9. The van der Waals surface area contributed by atoms with Gasteiger partial charge in [-0.3, -0.25) is 4.79 Å². The minimum absolute atomic E-state index is 0.00805. The average molecular weight is 303 g/mol. The molecule has 0 unspecified atom stereocenters. The Bertz CT molecular complexity index is 737. The normalized spacial score (nSPS) is 10.5. The molecule has 118 valence electrons. The van der Waals surface area contributed by atoms with E-state index in [4.69, 9.17) is 14.2 Å². The fourth-order valence-electron chi connectivity index (χ4n) is 2.50. The quantitative estimate of drug-likeness (QED) is 0.871. The van der Waals surface area contributed by atoms with Gasteiger partial charge in [0.25, 0.3) is 5.56 Å². The summed E-state index contributed by atoms with van der Waals surface area (Å²) in [4.78, 5) is 12.0. The minimum atomic E-state index is 0.00805. The third-order valence-electron chi connectivity index (χ3n) is 3.91. The van der Waals surface area contributed by atoms with Crippen molar-refractivity contribution in [2.45, 2.75) is 13.8 Å². The summed E-state index contributed by atoms with van der Waals surface area (Å²) < 4.78 is 17.7. The maximum atomic E-state index is 12.0. The molecule has 5 heteroatoms. The monoisotopic (exact) mass is 303 g/mol. The van der Waals surface area contributed by atoms with Crippen molar-refractivity contribution in [3.63, 3.8) is 0 Å². The van der Waals surface area contributed by atoms with E-state index in [1.807, 2.05) is 32.2 Å². The van der Waals surface area contributed by atoms with Crippen LogP contribution in [-0.2, 0) is 7.05 Å². The van der Waals surface area contributed by atoms with Crippen LogP contribution in [-0.4, -0.2) is 25.9 Å². The Balaban J connectivity index is 2.76. The predicted molar refractivity (Wildman–Crippen MR) is 86.2 cm³/mol. The van der Waals surface area contributed by atoms with Crippen LogP contribution < -0.4 is 19.8 Å². The van der Waals surface area contributed by atoms with Crippen LogP contribution in [0.2, 0.25) is 0 Å². The molecule has 0 fully saturated rings. The molecule has 0 radical (unpaired) electrons. The number of pyridine rings is 1. The molecule has 1 aromatic heterocycles. The van der Waals surface area contributed by atoms with Gasteiger partial charge in [-0.25, -0.2) is 0 Å². The van der Waals surface area contributed by atoms with Crippen LogP contribution in [0, 0.1) is 13.8 Å². The Morgan fingerprint density at radius 2 is 1.45 bits per heavy atom. The number of benzene rings is 1. The van der Waals surface area contributed by atoms with Gasteiger partial charge in [-0.15, -0.1) is 0 Å². The lowest BCUT2D eigenvalue weighted by molar-refractivity contribution is 0.324. The first-order valence-electron chi connectivity index (χ1n) is 6.91. The molecule has 0 spiro atoms. The van der Waals surface area contributed by atoms with E-state index < -0.39 is 0 Å². The van der Waals surface area contributed by atoms with E-state index in [2.05, 4.69) is 0 Å². The average Bonchev–Trinajstić information content (AvgIpc) is 2.54. The fraction of sp³-hybridized carbons (Fsp3) is 0.353. The van der Waals surface area contributed by atoms with Gasteiger partial charge in [0.2, 0.25) is 5.75 Å². The standard InChI is InChI=1S/C17H21NO4/c1-10-11(2)17(19)18(3)9-13(10)12-7-14(20-4)16(22-6)15(8-12)21-5/h7-9H,1-6H3. The third-order valence-corrected chi connectivity index (χ3v) is 3.91. The second-order valence-electron chi connectivity index (χ2n) is 5.12. The van der Waals surface area contributed by atoms with Crippen molar-refractivity contribution in [1.82, 2.24) is 4.57 Å². The van der Waals surface area contributed by atoms with Crippen molar-refractivity contribution in [1.29, 1.82) is 0 Å². The van der Waals surface area contributed by atoms with Gasteiger partial charge in [0.15, 0.2) is 11.5 Å². The lowest BCUT2D eigenvalue weighted by Gasteiger charge is -2.16. The Kier molecular flexibility index (Phi) is 4.45. The lowest BCUT2D eigenvalue weighted by Crippen LogP contribution is -2.20. The number of nitrogens with zero attached hydrogens (tertiary/aromatic N) is 1. The number of rotatable bonds is 4. The summed E-state index contributed by atoms with van der Waals surface area (Å²) in [6.45, 7) is 3.77. The van der Waals surface area contributed by atoms with E-state index in [9.17, 15) is 4.79 Å². The largest absolute Gasteiger partial charge is 0.493 e. The maximum Gasteiger partial charge on any atom is 0.253 e. The number of methoxy groups -OCH3 is 3. The van der Waals surface area contributed by atoms with Crippen LogP contribution in [0.5, 0.6) is 17.2 Å². The van der Waals surface area contributed by atoms with Gasteiger partial charge in [0, 0.05) is 24.4 Å². The van der Waals surface area contributed by atoms with E-state index >= 15 is 0 Å². The highest BCUT2D eigenvalue weighted by Crippen LogP contribution is 2.41.